The van der Waals surface area contributed by atoms with Crippen molar-refractivity contribution in [3.05, 3.63) is 18.2 Å². The van der Waals surface area contributed by atoms with Crippen LogP contribution in [0.1, 0.15) is 6.42 Å². The van der Waals surface area contributed by atoms with Gasteiger partial charge in [-0.2, -0.15) is 0 Å². The number of methoxy groups -OCH3 is 2. The van der Waals surface area contributed by atoms with Gasteiger partial charge in [0, 0.05) is 12.1 Å². The smallest absolute Gasteiger partial charge is 0.182 e. The third-order valence-corrected chi connectivity index (χ3v) is 2.75. The van der Waals surface area contributed by atoms with Crippen LogP contribution >= 0.6 is 0 Å². The number of ether oxygens (including phenoxy) is 2. The first-order chi connectivity index (χ1) is 9.30. The summed E-state index contributed by atoms with van der Waals surface area (Å²) in [5, 5.41) is 11.7. The highest BCUT2D eigenvalue weighted by atomic mass is 16.5. The molecule has 0 aliphatic heterocycles. The van der Waals surface area contributed by atoms with Crippen LogP contribution in [0, 0.1) is 0 Å². The minimum atomic E-state index is 0.602. The standard InChI is InChI=1S/C12H17N5O2/c1-18-10-5-4-9(8-11(10)19-2)12-14-15-16-17(12)7-3-6-13/h4-5,8H,3,6-7,13H2,1-2H3. The molecular formula is C12H17N5O2. The molecule has 19 heavy (non-hydrogen) atoms. The van der Waals surface area contributed by atoms with Gasteiger partial charge in [0.05, 0.1) is 14.2 Å². The van der Waals surface area contributed by atoms with E-state index in [1.807, 2.05) is 18.2 Å². The summed E-state index contributed by atoms with van der Waals surface area (Å²) in [4.78, 5) is 0. The number of rotatable bonds is 6. The van der Waals surface area contributed by atoms with Crippen LogP contribution < -0.4 is 15.2 Å². The molecule has 0 aliphatic rings. The topological polar surface area (TPSA) is 88.1 Å². The SMILES string of the molecule is COc1ccc(-c2nnnn2CCCN)cc1OC. The van der Waals surface area contributed by atoms with Crippen LogP contribution in [0.2, 0.25) is 0 Å². The zero-order chi connectivity index (χ0) is 13.7. The molecule has 7 nitrogen and oxygen atoms in total. The van der Waals surface area contributed by atoms with Crippen molar-refractivity contribution in [2.75, 3.05) is 20.8 Å². The maximum atomic E-state index is 5.50. The number of hydrogen-bond donors (Lipinski definition) is 1. The fourth-order valence-electron chi connectivity index (χ4n) is 1.78. The Hall–Kier alpha value is -2.15. The lowest BCUT2D eigenvalue weighted by molar-refractivity contribution is 0.355. The summed E-state index contributed by atoms with van der Waals surface area (Å²) >= 11 is 0. The van der Waals surface area contributed by atoms with E-state index in [-0.39, 0.29) is 0 Å². The zero-order valence-electron chi connectivity index (χ0n) is 11.0. The minimum absolute atomic E-state index is 0.602. The van der Waals surface area contributed by atoms with Crippen molar-refractivity contribution in [1.29, 1.82) is 0 Å². The van der Waals surface area contributed by atoms with E-state index in [1.165, 1.54) is 0 Å². The van der Waals surface area contributed by atoms with Crippen molar-refractivity contribution in [2.24, 2.45) is 5.73 Å². The summed E-state index contributed by atoms with van der Waals surface area (Å²) in [6.07, 6.45) is 0.825. The molecule has 0 saturated carbocycles. The van der Waals surface area contributed by atoms with E-state index >= 15 is 0 Å². The Labute approximate surface area is 111 Å². The third kappa shape index (κ3) is 2.82. The summed E-state index contributed by atoms with van der Waals surface area (Å²) in [6, 6.07) is 5.57. The number of nitrogens with two attached hydrogens (primary N) is 1. The van der Waals surface area contributed by atoms with E-state index in [4.69, 9.17) is 15.2 Å². The number of hydrogen-bond acceptors (Lipinski definition) is 6. The minimum Gasteiger partial charge on any atom is -0.493 e. The van der Waals surface area contributed by atoms with E-state index in [0.29, 0.717) is 30.4 Å². The summed E-state index contributed by atoms with van der Waals surface area (Å²) in [6.45, 7) is 1.29. The molecule has 0 amide bonds. The van der Waals surface area contributed by atoms with Crippen LogP contribution in [-0.4, -0.2) is 41.0 Å². The zero-order valence-corrected chi connectivity index (χ0v) is 11.0. The fourth-order valence-corrected chi connectivity index (χ4v) is 1.78. The molecule has 102 valence electrons. The molecule has 0 atom stereocenters. The van der Waals surface area contributed by atoms with Crippen molar-refractivity contribution in [3.63, 3.8) is 0 Å². The van der Waals surface area contributed by atoms with Gasteiger partial charge in [0.25, 0.3) is 0 Å². The van der Waals surface area contributed by atoms with Gasteiger partial charge in [-0.1, -0.05) is 0 Å². The second-order valence-electron chi connectivity index (χ2n) is 3.94. The van der Waals surface area contributed by atoms with Crippen LogP contribution in [0.15, 0.2) is 18.2 Å². The van der Waals surface area contributed by atoms with E-state index in [0.717, 1.165) is 12.0 Å². The predicted octanol–water partition coefficient (Wildman–Crippen LogP) is 0.706. The molecule has 1 aromatic heterocycles. The van der Waals surface area contributed by atoms with E-state index < -0.39 is 0 Å². The number of tetrazole rings is 1. The van der Waals surface area contributed by atoms with Crippen LogP contribution in [-0.2, 0) is 6.54 Å². The Bertz CT molecular complexity index is 541. The van der Waals surface area contributed by atoms with Gasteiger partial charge < -0.3 is 15.2 Å². The largest absolute Gasteiger partial charge is 0.493 e. The lowest BCUT2D eigenvalue weighted by atomic mass is 10.2. The quantitative estimate of drug-likeness (QED) is 0.825. The van der Waals surface area contributed by atoms with E-state index in [9.17, 15) is 0 Å². The number of aryl methyl sites for hydroxylation is 1. The van der Waals surface area contributed by atoms with Gasteiger partial charge in [0.15, 0.2) is 17.3 Å². The summed E-state index contributed by atoms with van der Waals surface area (Å²) in [7, 11) is 3.20. The Morgan fingerprint density at radius 2 is 2.00 bits per heavy atom. The predicted molar refractivity (Wildman–Crippen MR) is 70.0 cm³/mol. The highest BCUT2D eigenvalue weighted by Gasteiger charge is 2.12. The molecule has 2 N–H and O–H groups in total. The van der Waals surface area contributed by atoms with Gasteiger partial charge in [0.1, 0.15) is 0 Å². The van der Waals surface area contributed by atoms with Crippen molar-refractivity contribution in [3.8, 4) is 22.9 Å². The summed E-state index contributed by atoms with van der Waals surface area (Å²) in [5.41, 5.74) is 6.37. The number of nitrogens with zero attached hydrogens (tertiary/aromatic N) is 4. The monoisotopic (exact) mass is 263 g/mol. The molecule has 7 heteroatoms. The summed E-state index contributed by atoms with van der Waals surface area (Å²) in [5.74, 6) is 2.01. The second kappa shape index (κ2) is 6.14. The van der Waals surface area contributed by atoms with Crippen LogP contribution in [0.25, 0.3) is 11.4 Å². The Morgan fingerprint density at radius 3 is 2.68 bits per heavy atom. The first-order valence-electron chi connectivity index (χ1n) is 5.98. The molecule has 0 spiro atoms. The van der Waals surface area contributed by atoms with E-state index in [1.54, 1.807) is 18.9 Å². The third-order valence-electron chi connectivity index (χ3n) is 2.75. The molecule has 0 aliphatic carbocycles. The van der Waals surface area contributed by atoms with Gasteiger partial charge in [0.2, 0.25) is 0 Å². The first kappa shape index (κ1) is 13.3. The number of benzene rings is 1. The van der Waals surface area contributed by atoms with Gasteiger partial charge in [-0.05, 0) is 41.6 Å². The average molecular weight is 263 g/mol. The average Bonchev–Trinajstić information content (AvgIpc) is 2.92. The second-order valence-corrected chi connectivity index (χ2v) is 3.94. The molecule has 2 aromatic rings. The molecule has 0 saturated heterocycles. The molecular weight excluding hydrogens is 246 g/mol. The van der Waals surface area contributed by atoms with Crippen molar-refractivity contribution in [2.45, 2.75) is 13.0 Å². The lowest BCUT2D eigenvalue weighted by Crippen LogP contribution is -2.08. The Balaban J connectivity index is 2.33. The van der Waals surface area contributed by atoms with Crippen LogP contribution in [0.5, 0.6) is 11.5 Å². The van der Waals surface area contributed by atoms with E-state index in [2.05, 4.69) is 15.5 Å². The Kier molecular flexibility index (Phi) is 4.30. The van der Waals surface area contributed by atoms with Crippen molar-refractivity contribution in [1.82, 2.24) is 20.2 Å². The molecule has 0 fully saturated rings. The molecule has 0 unspecified atom stereocenters. The van der Waals surface area contributed by atoms with Crippen LogP contribution in [0.3, 0.4) is 0 Å². The highest BCUT2D eigenvalue weighted by molar-refractivity contribution is 5.60. The normalized spacial score (nSPS) is 10.5. The highest BCUT2D eigenvalue weighted by Crippen LogP contribution is 2.31. The maximum Gasteiger partial charge on any atom is 0.182 e. The van der Waals surface area contributed by atoms with Crippen molar-refractivity contribution >= 4 is 0 Å². The fraction of sp³-hybridized carbons (Fsp3) is 0.417. The van der Waals surface area contributed by atoms with Gasteiger partial charge in [-0.25, -0.2) is 4.68 Å². The maximum absolute atomic E-state index is 5.50. The molecule has 1 heterocycles. The molecule has 1 aromatic carbocycles. The van der Waals surface area contributed by atoms with Gasteiger partial charge in [-0.15, -0.1) is 5.10 Å². The molecule has 0 bridgehead atoms. The summed E-state index contributed by atoms with van der Waals surface area (Å²) < 4.78 is 12.2. The van der Waals surface area contributed by atoms with Gasteiger partial charge in [-0.3, -0.25) is 0 Å². The lowest BCUT2D eigenvalue weighted by Gasteiger charge is -2.09. The molecule has 0 radical (unpaired) electrons. The number of aromatic nitrogens is 4. The Morgan fingerprint density at radius 1 is 1.21 bits per heavy atom. The molecule has 2 rings (SSSR count). The van der Waals surface area contributed by atoms with Gasteiger partial charge >= 0.3 is 0 Å². The van der Waals surface area contributed by atoms with Crippen LogP contribution in [0.4, 0.5) is 0 Å². The van der Waals surface area contributed by atoms with Crippen molar-refractivity contribution < 1.29 is 9.47 Å². The first-order valence-corrected chi connectivity index (χ1v) is 5.98.